The maximum atomic E-state index is 12.9. The molecule has 206 valence electrons. The van der Waals surface area contributed by atoms with Gasteiger partial charge in [0.15, 0.2) is 0 Å². The average Bonchev–Trinajstić information content (AvgIpc) is 3.13. The Labute approximate surface area is 216 Å². The van der Waals surface area contributed by atoms with E-state index in [4.69, 9.17) is 18.9 Å². The number of hydrogen-bond donors (Lipinski definition) is 4. The first-order valence-electron chi connectivity index (χ1n) is 13.4. The van der Waals surface area contributed by atoms with Gasteiger partial charge in [-0.1, -0.05) is 0 Å². The third-order valence-corrected chi connectivity index (χ3v) is 8.40. The maximum absolute atomic E-state index is 12.9. The van der Waals surface area contributed by atoms with Crippen molar-refractivity contribution in [2.45, 2.75) is 134 Å². The van der Waals surface area contributed by atoms with Crippen molar-refractivity contribution in [3.05, 3.63) is 0 Å². The van der Waals surface area contributed by atoms with Crippen LogP contribution >= 0.6 is 0 Å². The fourth-order valence-corrected chi connectivity index (χ4v) is 6.30. The quantitative estimate of drug-likeness (QED) is 0.299. The zero-order valence-corrected chi connectivity index (χ0v) is 22.9. The molecule has 0 aromatic carbocycles. The second-order valence-electron chi connectivity index (χ2n) is 11.6. The van der Waals surface area contributed by atoms with Crippen molar-refractivity contribution in [3.63, 3.8) is 0 Å². The molecule has 0 amide bonds. The van der Waals surface area contributed by atoms with Gasteiger partial charge in [0.1, 0.15) is 0 Å². The first-order chi connectivity index (χ1) is 16.7. The molecule has 0 aliphatic carbocycles. The summed E-state index contributed by atoms with van der Waals surface area (Å²) < 4.78 is 25.0. The molecule has 3 heterocycles. The van der Waals surface area contributed by atoms with Crippen molar-refractivity contribution < 1.29 is 39.1 Å². The zero-order valence-electron chi connectivity index (χ0n) is 22.9. The van der Waals surface area contributed by atoms with Crippen molar-refractivity contribution in [2.75, 3.05) is 7.05 Å². The van der Waals surface area contributed by atoms with Crippen LogP contribution in [-0.4, -0.2) is 101 Å². The van der Waals surface area contributed by atoms with Crippen LogP contribution in [0.3, 0.4) is 0 Å². The van der Waals surface area contributed by atoms with Gasteiger partial charge in [0.05, 0.1) is 0 Å². The molecule has 3 aliphatic heterocycles. The molecular weight excluding hydrogens is 465 g/mol. The molecule has 36 heavy (non-hydrogen) atoms. The van der Waals surface area contributed by atoms with Crippen molar-refractivity contribution in [1.82, 2.24) is 5.32 Å². The van der Waals surface area contributed by atoms with Crippen molar-refractivity contribution in [1.29, 1.82) is 0 Å². The molecule has 4 N–H and O–H groups in total. The monoisotopic (exact) mass is 511 g/mol. The van der Waals surface area contributed by atoms with Crippen LogP contribution < -0.4 is 5.32 Å². The van der Waals surface area contributed by atoms with Gasteiger partial charge in [-0.2, -0.15) is 0 Å². The number of rotatable bonds is 6. The summed E-state index contributed by atoms with van der Waals surface area (Å²) in [5, 5.41) is 35.8. The summed E-state index contributed by atoms with van der Waals surface area (Å²) in [6.45, 7) is 11.2. The Hall–Kier alpha value is -0.875. The molecular formula is C26H46BNO8. The van der Waals surface area contributed by atoms with E-state index in [1.807, 2.05) is 34.7 Å². The van der Waals surface area contributed by atoms with Crippen LogP contribution in [0.2, 0.25) is 0 Å². The number of cyclic esters (lactones) is 1. The Balaban J connectivity index is 1.94. The molecule has 0 radical (unpaired) electrons. The van der Waals surface area contributed by atoms with Gasteiger partial charge in [0, 0.05) is 0 Å². The van der Waals surface area contributed by atoms with Crippen LogP contribution in [0.1, 0.15) is 73.6 Å². The van der Waals surface area contributed by atoms with E-state index in [2.05, 4.69) is 12.8 Å². The Kier molecular flexibility index (Phi) is 9.46. The predicted molar refractivity (Wildman–Crippen MR) is 137 cm³/mol. The van der Waals surface area contributed by atoms with Crippen molar-refractivity contribution in [3.8, 4) is 0 Å². The Morgan fingerprint density at radius 1 is 1.31 bits per heavy atom. The standard InChI is InChI=1S/C26H46BNO8/c1-8-17(29)26(6,32)23-19(27)21-14(3)12-25(5,36-21)22(13(2)9-10-18(30)34-23)35-24-20(31)16(28-7)11-15(4)33-24/h13-17,20-24,27-29,31-32H,8-12H2,1-7H3/t13-,14?,15?,16?,17?,20?,21?,22-,23+,24-,25+,26?/m0/s1. The van der Waals surface area contributed by atoms with Crippen molar-refractivity contribution in [2.24, 2.45) is 11.8 Å². The zero-order chi connectivity index (χ0) is 27.0. The molecule has 12 atom stereocenters. The minimum atomic E-state index is -1.72. The Bertz CT molecular complexity index is 796. The topological polar surface area (TPSA) is 127 Å². The summed E-state index contributed by atoms with van der Waals surface area (Å²) in [4.78, 5) is 12.9. The van der Waals surface area contributed by atoms with Crippen LogP contribution in [0.15, 0.2) is 0 Å². The fraction of sp³-hybridized carbons (Fsp3) is 0.923. The van der Waals surface area contributed by atoms with Crippen LogP contribution in [-0.2, 0) is 23.7 Å². The minimum absolute atomic E-state index is 0.0165. The van der Waals surface area contributed by atoms with Gasteiger partial charge in [0.25, 0.3) is 0 Å². The molecule has 0 saturated carbocycles. The van der Waals surface area contributed by atoms with E-state index >= 15 is 0 Å². The van der Waals surface area contributed by atoms with Crippen LogP contribution in [0.4, 0.5) is 0 Å². The van der Waals surface area contributed by atoms with Gasteiger partial charge in [0.2, 0.25) is 0 Å². The van der Waals surface area contributed by atoms with Gasteiger partial charge < -0.3 is 0 Å². The molecule has 0 spiro atoms. The normalized spacial score (nSPS) is 44.9. The summed E-state index contributed by atoms with van der Waals surface area (Å²) in [5.41, 5.74) is -2.07. The fourth-order valence-electron chi connectivity index (χ4n) is 6.30. The van der Waals surface area contributed by atoms with E-state index < -0.39 is 54.0 Å². The first-order valence-corrected chi connectivity index (χ1v) is 13.4. The molecule has 3 saturated heterocycles. The van der Waals surface area contributed by atoms with Gasteiger partial charge in [-0.25, -0.2) is 0 Å². The Morgan fingerprint density at radius 2 is 1.97 bits per heavy atom. The van der Waals surface area contributed by atoms with E-state index in [1.54, 1.807) is 6.92 Å². The van der Waals surface area contributed by atoms with Gasteiger partial charge in [-0.3, -0.25) is 0 Å². The molecule has 10 heteroatoms. The molecule has 3 rings (SSSR count). The number of ether oxygens (including phenoxy) is 4. The number of carbonyl (C=O) groups is 1. The van der Waals surface area contributed by atoms with E-state index in [0.29, 0.717) is 24.7 Å². The molecule has 3 aliphatic rings. The average molecular weight is 511 g/mol. The van der Waals surface area contributed by atoms with Gasteiger partial charge in [-0.05, 0) is 0 Å². The van der Waals surface area contributed by atoms with Crippen molar-refractivity contribution >= 4 is 18.9 Å². The summed E-state index contributed by atoms with van der Waals surface area (Å²) in [6, 6.07) is -0.163. The number of nitrogens with one attached hydrogen (secondary N) is 1. The number of fused-ring (bicyclic) bond motifs is 2. The third-order valence-electron chi connectivity index (χ3n) is 8.40. The molecule has 0 aromatic rings. The second kappa shape index (κ2) is 11.5. The number of carbonyl (C=O) groups excluding carboxylic acids is 1. The molecule has 2 bridgehead atoms. The van der Waals surface area contributed by atoms with E-state index in [1.165, 1.54) is 6.92 Å². The van der Waals surface area contributed by atoms with Gasteiger partial charge in [-0.15, -0.1) is 0 Å². The summed E-state index contributed by atoms with van der Waals surface area (Å²) >= 11 is 0. The predicted octanol–water partition coefficient (Wildman–Crippen LogP) is 0.576. The number of aliphatic hydroxyl groups excluding tert-OH is 2. The summed E-state index contributed by atoms with van der Waals surface area (Å²) in [6.07, 6.45) is -2.89. The SMILES string of the molecule is B=C1C2O[C@](C)(CC2C)[C@@H](O[C@@H]2OC(C)CC(NC)C2O)[C@@H](C)CCC(=O)O[C@H]1C(C)(O)C(O)CC. The summed E-state index contributed by atoms with van der Waals surface area (Å²) in [7, 11) is 6.00. The number of likely N-dealkylation sites (N-methyl/N-ethyl adjacent to an activating group) is 1. The van der Waals surface area contributed by atoms with Crippen LogP contribution in [0, 0.1) is 11.8 Å². The Morgan fingerprint density at radius 3 is 2.58 bits per heavy atom. The molecule has 3 fully saturated rings. The molecule has 0 aromatic heterocycles. The molecule has 9 nitrogen and oxygen atoms in total. The van der Waals surface area contributed by atoms with Gasteiger partial charge >= 0.3 is 216 Å². The second-order valence-corrected chi connectivity index (χ2v) is 11.6. The van der Waals surface area contributed by atoms with Crippen LogP contribution in [0.25, 0.3) is 0 Å². The number of aliphatic hydroxyl groups is 3. The van der Waals surface area contributed by atoms with E-state index in [0.717, 1.165) is 0 Å². The first kappa shape index (κ1) is 29.7. The van der Waals surface area contributed by atoms with E-state index in [9.17, 15) is 20.1 Å². The number of esters is 1. The summed E-state index contributed by atoms with van der Waals surface area (Å²) in [5.74, 6) is -0.623. The molecule has 7 unspecified atom stereocenters. The van der Waals surface area contributed by atoms with Crippen LogP contribution in [0.5, 0.6) is 0 Å². The number of hydrogen-bond acceptors (Lipinski definition) is 9. The van der Waals surface area contributed by atoms with E-state index in [-0.39, 0.29) is 36.8 Å². The third kappa shape index (κ3) is 5.90.